The van der Waals surface area contributed by atoms with Crippen molar-refractivity contribution >= 4 is 11.6 Å². The lowest BCUT2D eigenvalue weighted by Gasteiger charge is -2.13. The number of nitrogens with zero attached hydrogens (tertiary/aromatic N) is 3. The highest BCUT2D eigenvalue weighted by atomic mass is 35.5. The van der Waals surface area contributed by atoms with Crippen LogP contribution >= 0.6 is 11.6 Å². The summed E-state index contributed by atoms with van der Waals surface area (Å²) < 4.78 is 39.6. The van der Waals surface area contributed by atoms with Gasteiger partial charge in [0.25, 0.3) is 0 Å². The van der Waals surface area contributed by atoms with Crippen LogP contribution in [0.2, 0.25) is 0 Å². The Morgan fingerprint density at radius 1 is 1.24 bits per heavy atom. The molecule has 0 spiro atoms. The monoisotopic (exact) mass is 261 g/mol. The topological polar surface area (TPSA) is 30.7 Å². The molecular formula is C10H7ClF3N3. The van der Waals surface area contributed by atoms with Crippen LogP contribution in [0.5, 0.6) is 0 Å². The quantitative estimate of drug-likeness (QED) is 0.778. The van der Waals surface area contributed by atoms with Crippen molar-refractivity contribution in [2.45, 2.75) is 12.1 Å². The van der Waals surface area contributed by atoms with E-state index in [4.69, 9.17) is 11.6 Å². The molecule has 0 fully saturated rings. The molecule has 1 heterocycles. The van der Waals surface area contributed by atoms with Gasteiger partial charge in [-0.25, -0.2) is 0 Å². The molecule has 0 radical (unpaired) electrons. The van der Waals surface area contributed by atoms with E-state index >= 15 is 0 Å². The zero-order valence-corrected chi connectivity index (χ0v) is 9.20. The fraction of sp³-hybridized carbons (Fsp3) is 0.200. The maximum absolute atomic E-state index is 12.8. The molecule has 0 bridgehead atoms. The first-order valence-corrected chi connectivity index (χ1v) is 5.19. The Bertz CT molecular complexity index is 522. The van der Waals surface area contributed by atoms with Gasteiger partial charge in [0.15, 0.2) is 5.82 Å². The van der Waals surface area contributed by atoms with E-state index in [2.05, 4.69) is 10.2 Å². The van der Waals surface area contributed by atoms with E-state index in [1.54, 1.807) is 0 Å². The summed E-state index contributed by atoms with van der Waals surface area (Å²) in [5.41, 5.74) is -0.771. The molecular weight excluding hydrogens is 255 g/mol. The molecule has 2 aromatic rings. The molecule has 0 N–H and O–H groups in total. The lowest BCUT2D eigenvalue weighted by Crippen LogP contribution is -2.11. The second kappa shape index (κ2) is 4.37. The zero-order valence-electron chi connectivity index (χ0n) is 8.45. The van der Waals surface area contributed by atoms with Gasteiger partial charge in [-0.1, -0.05) is 12.1 Å². The molecule has 2 rings (SSSR count). The van der Waals surface area contributed by atoms with Crippen molar-refractivity contribution in [2.24, 2.45) is 0 Å². The number of rotatable bonds is 2. The summed E-state index contributed by atoms with van der Waals surface area (Å²) in [5.74, 6) is 0.259. The third-order valence-corrected chi connectivity index (χ3v) is 2.45. The Labute approximate surface area is 99.8 Å². The highest BCUT2D eigenvalue weighted by Crippen LogP contribution is 2.33. The predicted molar refractivity (Wildman–Crippen MR) is 55.9 cm³/mol. The first-order valence-electron chi connectivity index (χ1n) is 4.65. The molecule has 0 saturated heterocycles. The van der Waals surface area contributed by atoms with Crippen molar-refractivity contribution in [1.82, 2.24) is 14.8 Å². The Hall–Kier alpha value is -1.56. The SMILES string of the molecule is FC(F)(F)c1ccccc1-n1cnnc1CCl. The third-order valence-electron chi connectivity index (χ3n) is 2.21. The van der Waals surface area contributed by atoms with Crippen LogP contribution in [0.15, 0.2) is 30.6 Å². The van der Waals surface area contributed by atoms with Crippen LogP contribution in [-0.4, -0.2) is 14.8 Å². The van der Waals surface area contributed by atoms with Crippen LogP contribution in [0, 0.1) is 0 Å². The van der Waals surface area contributed by atoms with Crippen molar-refractivity contribution in [2.75, 3.05) is 0 Å². The second-order valence-corrected chi connectivity index (χ2v) is 3.53. The van der Waals surface area contributed by atoms with Crippen LogP contribution in [0.3, 0.4) is 0 Å². The van der Waals surface area contributed by atoms with Crippen molar-refractivity contribution in [3.8, 4) is 5.69 Å². The van der Waals surface area contributed by atoms with Crippen LogP contribution in [0.25, 0.3) is 5.69 Å². The number of halogens is 4. The summed E-state index contributed by atoms with van der Waals surface area (Å²) in [6, 6.07) is 5.20. The van der Waals surface area contributed by atoms with E-state index < -0.39 is 11.7 Å². The second-order valence-electron chi connectivity index (χ2n) is 3.27. The van der Waals surface area contributed by atoms with E-state index in [1.165, 1.54) is 29.1 Å². The lowest BCUT2D eigenvalue weighted by molar-refractivity contribution is -0.137. The highest BCUT2D eigenvalue weighted by molar-refractivity contribution is 6.16. The summed E-state index contributed by atoms with van der Waals surface area (Å²) >= 11 is 5.59. The van der Waals surface area contributed by atoms with Gasteiger partial charge in [-0.05, 0) is 12.1 Å². The van der Waals surface area contributed by atoms with Gasteiger partial charge in [-0.15, -0.1) is 21.8 Å². The fourth-order valence-electron chi connectivity index (χ4n) is 1.47. The molecule has 90 valence electrons. The molecule has 0 aliphatic heterocycles. The molecule has 3 nitrogen and oxygen atoms in total. The van der Waals surface area contributed by atoms with E-state index in [0.29, 0.717) is 0 Å². The van der Waals surface area contributed by atoms with Gasteiger partial charge in [0.1, 0.15) is 6.33 Å². The summed E-state index contributed by atoms with van der Waals surface area (Å²) in [5, 5.41) is 7.20. The van der Waals surface area contributed by atoms with Crippen LogP contribution in [0.1, 0.15) is 11.4 Å². The summed E-state index contributed by atoms with van der Waals surface area (Å²) in [4.78, 5) is 0. The molecule has 0 atom stereocenters. The minimum absolute atomic E-state index is 0.00775. The molecule has 1 aromatic carbocycles. The van der Waals surface area contributed by atoms with Crippen molar-refractivity contribution < 1.29 is 13.2 Å². The molecule has 0 aliphatic rings. The molecule has 7 heteroatoms. The first kappa shape index (κ1) is 11.9. The van der Waals surface area contributed by atoms with Crippen molar-refractivity contribution in [3.63, 3.8) is 0 Å². The Kier molecular flexibility index (Phi) is 3.06. The number of hydrogen-bond acceptors (Lipinski definition) is 2. The first-order chi connectivity index (χ1) is 8.04. The molecule has 17 heavy (non-hydrogen) atoms. The lowest BCUT2D eigenvalue weighted by atomic mass is 10.1. The van der Waals surface area contributed by atoms with Gasteiger partial charge in [-0.3, -0.25) is 4.57 Å². The molecule has 0 saturated carbocycles. The minimum Gasteiger partial charge on any atom is -0.284 e. The van der Waals surface area contributed by atoms with E-state index in [0.717, 1.165) is 6.07 Å². The van der Waals surface area contributed by atoms with Crippen LogP contribution < -0.4 is 0 Å². The number of aromatic nitrogens is 3. The van der Waals surface area contributed by atoms with Gasteiger partial charge in [0.05, 0.1) is 17.1 Å². The van der Waals surface area contributed by atoms with Crippen molar-refractivity contribution in [1.29, 1.82) is 0 Å². The number of benzene rings is 1. The smallest absolute Gasteiger partial charge is 0.284 e. The largest absolute Gasteiger partial charge is 0.418 e. The Morgan fingerprint density at radius 2 is 1.94 bits per heavy atom. The van der Waals surface area contributed by atoms with Gasteiger partial charge >= 0.3 is 6.18 Å². The fourth-order valence-corrected chi connectivity index (χ4v) is 1.66. The number of hydrogen-bond donors (Lipinski definition) is 0. The van der Waals surface area contributed by atoms with E-state index in [1.807, 2.05) is 0 Å². The number of alkyl halides is 4. The third kappa shape index (κ3) is 2.26. The van der Waals surface area contributed by atoms with Crippen LogP contribution in [-0.2, 0) is 12.1 Å². The minimum atomic E-state index is -4.43. The average Bonchev–Trinajstić information content (AvgIpc) is 2.75. The van der Waals surface area contributed by atoms with Gasteiger partial charge < -0.3 is 0 Å². The molecule has 0 unspecified atom stereocenters. The van der Waals surface area contributed by atoms with E-state index in [9.17, 15) is 13.2 Å². The maximum Gasteiger partial charge on any atom is 0.418 e. The standard InChI is InChI=1S/C10H7ClF3N3/c11-5-9-16-15-6-17(9)8-4-2-1-3-7(8)10(12,13)14/h1-4,6H,5H2. The molecule has 0 amide bonds. The van der Waals surface area contributed by atoms with Gasteiger partial charge in [0.2, 0.25) is 0 Å². The predicted octanol–water partition coefficient (Wildman–Crippen LogP) is 3.02. The summed E-state index contributed by atoms with van der Waals surface area (Å²) in [7, 11) is 0. The molecule has 0 aliphatic carbocycles. The van der Waals surface area contributed by atoms with E-state index in [-0.39, 0.29) is 17.4 Å². The summed E-state index contributed by atoms with van der Waals surface area (Å²) in [6.45, 7) is 0. The van der Waals surface area contributed by atoms with Crippen molar-refractivity contribution in [3.05, 3.63) is 42.0 Å². The highest BCUT2D eigenvalue weighted by Gasteiger charge is 2.34. The zero-order chi connectivity index (χ0) is 12.5. The normalized spacial score (nSPS) is 11.8. The maximum atomic E-state index is 12.8. The average molecular weight is 262 g/mol. The summed E-state index contributed by atoms with van der Waals surface area (Å²) in [6.07, 6.45) is -3.22. The molecule has 1 aromatic heterocycles. The Balaban J connectivity index is 2.60. The number of para-hydroxylation sites is 1. The van der Waals surface area contributed by atoms with Gasteiger partial charge in [0, 0.05) is 0 Å². The van der Waals surface area contributed by atoms with Gasteiger partial charge in [-0.2, -0.15) is 13.2 Å². The Morgan fingerprint density at radius 3 is 2.59 bits per heavy atom. The van der Waals surface area contributed by atoms with Crippen LogP contribution in [0.4, 0.5) is 13.2 Å².